The number of halogens is 1. The second-order valence-corrected chi connectivity index (χ2v) is 5.49. The van der Waals surface area contributed by atoms with Crippen molar-refractivity contribution in [2.24, 2.45) is 0 Å². The van der Waals surface area contributed by atoms with Crippen LogP contribution in [0.25, 0.3) is 0 Å². The highest BCUT2D eigenvalue weighted by Gasteiger charge is 2.10. The van der Waals surface area contributed by atoms with Crippen LogP contribution in [0, 0.1) is 13.8 Å². The normalized spacial score (nSPS) is 12.4. The third-order valence-corrected chi connectivity index (χ3v) is 3.73. The summed E-state index contributed by atoms with van der Waals surface area (Å²) in [7, 11) is 0. The van der Waals surface area contributed by atoms with Gasteiger partial charge in [0.15, 0.2) is 0 Å². The van der Waals surface area contributed by atoms with Crippen LogP contribution >= 0.6 is 11.6 Å². The largest absolute Gasteiger partial charge is 0.392 e. The van der Waals surface area contributed by atoms with Crippen molar-refractivity contribution in [3.63, 3.8) is 0 Å². The molecule has 0 bridgehead atoms. The number of hydrogen-bond acceptors (Lipinski definition) is 1. The van der Waals surface area contributed by atoms with Crippen molar-refractivity contribution < 1.29 is 5.11 Å². The van der Waals surface area contributed by atoms with E-state index in [0.29, 0.717) is 12.8 Å². The molecule has 0 aromatic heterocycles. The fraction of sp³-hybridized carbons (Fsp3) is 0.294. The van der Waals surface area contributed by atoms with Crippen LogP contribution in [0.2, 0.25) is 5.02 Å². The summed E-state index contributed by atoms with van der Waals surface area (Å²) in [6.07, 6.45) is 0.853. The van der Waals surface area contributed by atoms with E-state index in [0.717, 1.165) is 16.1 Å². The van der Waals surface area contributed by atoms with Gasteiger partial charge in [-0.05, 0) is 48.6 Å². The number of rotatable bonds is 4. The van der Waals surface area contributed by atoms with Gasteiger partial charge in [-0.2, -0.15) is 0 Å². The molecule has 0 saturated heterocycles. The Morgan fingerprint density at radius 3 is 2.37 bits per heavy atom. The highest BCUT2D eigenvalue weighted by atomic mass is 35.5. The van der Waals surface area contributed by atoms with Gasteiger partial charge in [-0.1, -0.05) is 48.0 Å². The average Bonchev–Trinajstić information content (AvgIpc) is 2.36. The summed E-state index contributed by atoms with van der Waals surface area (Å²) in [5.74, 6) is 0. The molecule has 1 N–H and O–H groups in total. The maximum Gasteiger partial charge on any atom is 0.0621 e. The Morgan fingerprint density at radius 2 is 1.68 bits per heavy atom. The molecule has 1 nitrogen and oxygen atoms in total. The van der Waals surface area contributed by atoms with Gasteiger partial charge in [0.1, 0.15) is 0 Å². The monoisotopic (exact) mass is 274 g/mol. The van der Waals surface area contributed by atoms with Crippen LogP contribution in [0.5, 0.6) is 0 Å². The van der Waals surface area contributed by atoms with E-state index < -0.39 is 6.10 Å². The highest BCUT2D eigenvalue weighted by molar-refractivity contribution is 6.31. The predicted molar refractivity (Wildman–Crippen MR) is 80.8 cm³/mol. The summed E-state index contributed by atoms with van der Waals surface area (Å²) in [6, 6.07) is 14.1. The molecule has 2 aromatic rings. The number of aliphatic hydroxyl groups excluding tert-OH is 1. The van der Waals surface area contributed by atoms with Crippen molar-refractivity contribution in [2.45, 2.75) is 32.8 Å². The maximum atomic E-state index is 10.2. The van der Waals surface area contributed by atoms with Crippen molar-refractivity contribution in [1.82, 2.24) is 0 Å². The molecule has 1 atom stereocenters. The van der Waals surface area contributed by atoms with E-state index in [1.54, 1.807) is 0 Å². The molecule has 19 heavy (non-hydrogen) atoms. The first-order valence-corrected chi connectivity index (χ1v) is 6.91. The molecule has 2 aromatic carbocycles. The van der Waals surface area contributed by atoms with Gasteiger partial charge in [-0.3, -0.25) is 0 Å². The van der Waals surface area contributed by atoms with Gasteiger partial charge in [0.25, 0.3) is 0 Å². The molecule has 100 valence electrons. The fourth-order valence-corrected chi connectivity index (χ4v) is 2.55. The molecule has 2 rings (SSSR count). The van der Waals surface area contributed by atoms with Gasteiger partial charge in [0.2, 0.25) is 0 Å². The van der Waals surface area contributed by atoms with E-state index in [4.69, 9.17) is 11.6 Å². The molecular formula is C17H19ClO. The minimum Gasteiger partial charge on any atom is -0.392 e. The minimum absolute atomic E-state index is 0.402. The predicted octanol–water partition coefficient (Wildman–Crippen LogP) is 4.10. The Labute approximate surface area is 119 Å². The van der Waals surface area contributed by atoms with Crippen LogP contribution in [-0.4, -0.2) is 11.2 Å². The SMILES string of the molecule is Cc1ccc(CC(O)Cc2ccccc2C)c(Cl)c1. The zero-order valence-corrected chi connectivity index (χ0v) is 12.1. The van der Waals surface area contributed by atoms with Gasteiger partial charge < -0.3 is 5.11 Å². The van der Waals surface area contributed by atoms with Crippen LogP contribution < -0.4 is 0 Å². The van der Waals surface area contributed by atoms with Gasteiger partial charge in [0, 0.05) is 11.4 Å². The van der Waals surface area contributed by atoms with E-state index in [9.17, 15) is 5.11 Å². The van der Waals surface area contributed by atoms with Gasteiger partial charge in [0.05, 0.1) is 6.10 Å². The number of aryl methyl sites for hydroxylation is 2. The lowest BCUT2D eigenvalue weighted by molar-refractivity contribution is 0.175. The van der Waals surface area contributed by atoms with Crippen molar-refractivity contribution in [3.05, 3.63) is 69.7 Å². The van der Waals surface area contributed by atoms with E-state index in [1.807, 2.05) is 37.3 Å². The molecule has 0 radical (unpaired) electrons. The maximum absolute atomic E-state index is 10.2. The van der Waals surface area contributed by atoms with Crippen LogP contribution in [0.1, 0.15) is 22.3 Å². The molecule has 0 aliphatic carbocycles. The second kappa shape index (κ2) is 6.23. The Hall–Kier alpha value is -1.31. The third-order valence-electron chi connectivity index (χ3n) is 3.38. The quantitative estimate of drug-likeness (QED) is 0.890. The molecule has 0 heterocycles. The minimum atomic E-state index is -0.402. The zero-order chi connectivity index (χ0) is 13.8. The van der Waals surface area contributed by atoms with Crippen LogP contribution in [0.15, 0.2) is 42.5 Å². The molecule has 0 amide bonds. The average molecular weight is 275 g/mol. The van der Waals surface area contributed by atoms with Crippen LogP contribution in [-0.2, 0) is 12.8 Å². The lowest BCUT2D eigenvalue weighted by Gasteiger charge is -2.13. The van der Waals surface area contributed by atoms with Gasteiger partial charge in [-0.15, -0.1) is 0 Å². The van der Waals surface area contributed by atoms with E-state index >= 15 is 0 Å². The number of benzene rings is 2. The number of hydrogen-bond donors (Lipinski definition) is 1. The van der Waals surface area contributed by atoms with Crippen molar-refractivity contribution in [1.29, 1.82) is 0 Å². The molecule has 1 unspecified atom stereocenters. The molecule has 0 saturated carbocycles. The van der Waals surface area contributed by atoms with Gasteiger partial charge >= 0.3 is 0 Å². The molecule has 0 spiro atoms. The van der Waals surface area contributed by atoms with Crippen molar-refractivity contribution in [3.8, 4) is 0 Å². The molecular weight excluding hydrogens is 256 g/mol. The van der Waals surface area contributed by atoms with Crippen molar-refractivity contribution in [2.75, 3.05) is 0 Å². The summed E-state index contributed by atoms with van der Waals surface area (Å²) in [6.45, 7) is 4.08. The Morgan fingerprint density at radius 1 is 1.00 bits per heavy atom. The zero-order valence-electron chi connectivity index (χ0n) is 11.4. The molecule has 0 aliphatic heterocycles. The third kappa shape index (κ3) is 3.82. The molecule has 2 heteroatoms. The van der Waals surface area contributed by atoms with E-state index in [-0.39, 0.29) is 0 Å². The lowest BCUT2D eigenvalue weighted by Crippen LogP contribution is -2.15. The van der Waals surface area contributed by atoms with E-state index in [1.165, 1.54) is 11.1 Å². The summed E-state index contributed by atoms with van der Waals surface area (Å²) in [4.78, 5) is 0. The first kappa shape index (κ1) is 14.1. The summed E-state index contributed by atoms with van der Waals surface area (Å²) >= 11 is 6.20. The first-order valence-electron chi connectivity index (χ1n) is 6.54. The number of aliphatic hydroxyl groups is 1. The fourth-order valence-electron chi connectivity index (χ4n) is 2.24. The first-order chi connectivity index (χ1) is 9.06. The smallest absolute Gasteiger partial charge is 0.0621 e. The van der Waals surface area contributed by atoms with Crippen LogP contribution in [0.3, 0.4) is 0 Å². The van der Waals surface area contributed by atoms with Crippen LogP contribution in [0.4, 0.5) is 0 Å². The van der Waals surface area contributed by atoms with Gasteiger partial charge in [-0.25, -0.2) is 0 Å². The molecule has 0 fully saturated rings. The standard InChI is InChI=1S/C17H19ClO/c1-12-7-8-15(17(18)9-12)11-16(19)10-14-6-4-3-5-13(14)2/h3-9,16,19H,10-11H2,1-2H3. The summed E-state index contributed by atoms with van der Waals surface area (Å²) in [5.41, 5.74) is 4.56. The molecule has 0 aliphatic rings. The highest BCUT2D eigenvalue weighted by Crippen LogP contribution is 2.20. The summed E-state index contributed by atoms with van der Waals surface area (Å²) < 4.78 is 0. The van der Waals surface area contributed by atoms with E-state index in [2.05, 4.69) is 19.1 Å². The topological polar surface area (TPSA) is 20.2 Å². The Bertz CT molecular complexity index is 563. The Kier molecular flexibility index (Phi) is 4.62. The second-order valence-electron chi connectivity index (χ2n) is 5.08. The lowest BCUT2D eigenvalue weighted by atomic mass is 9.98. The van der Waals surface area contributed by atoms with Crippen molar-refractivity contribution >= 4 is 11.6 Å². The summed E-state index contributed by atoms with van der Waals surface area (Å²) in [5, 5.41) is 11.0. The Balaban J connectivity index is 2.05.